The first kappa shape index (κ1) is 19.4. The fraction of sp³-hybridized carbons (Fsp3) is 0.286. The first-order chi connectivity index (χ1) is 13.6. The molecule has 0 bridgehead atoms. The lowest BCUT2D eigenvalue weighted by atomic mass is 10.1. The van der Waals surface area contributed by atoms with E-state index in [2.05, 4.69) is 5.32 Å². The summed E-state index contributed by atoms with van der Waals surface area (Å²) >= 11 is 0. The average Bonchev–Trinajstić information content (AvgIpc) is 2.97. The number of nitrogens with one attached hydrogen (secondary N) is 1. The van der Waals surface area contributed by atoms with Crippen LogP contribution in [-0.2, 0) is 9.53 Å². The third kappa shape index (κ3) is 4.88. The van der Waals surface area contributed by atoms with Crippen molar-refractivity contribution in [2.45, 2.75) is 19.8 Å². The van der Waals surface area contributed by atoms with Gasteiger partial charge < -0.3 is 19.5 Å². The summed E-state index contributed by atoms with van der Waals surface area (Å²) in [6.07, 6.45) is 1.14. The topological polar surface area (TPSA) is 90.9 Å². The summed E-state index contributed by atoms with van der Waals surface area (Å²) in [6.45, 7) is 2.45. The third-order valence-electron chi connectivity index (χ3n) is 4.13. The van der Waals surface area contributed by atoms with E-state index in [0.29, 0.717) is 42.4 Å². The molecule has 0 saturated carbocycles. The standard InChI is InChI=1S/C21H21NO6/c1-2-20(24)22-16-7-4-14(5-8-16)17(23)13-28-21(25)15-6-9-18-19(12-15)27-11-3-10-26-18/h4-9,12H,2-3,10-11,13H2,1H3,(H,22,24). The van der Waals surface area contributed by atoms with E-state index in [1.165, 1.54) is 0 Å². The quantitative estimate of drug-likeness (QED) is 0.608. The summed E-state index contributed by atoms with van der Waals surface area (Å²) in [5.74, 6) is 0.0124. The summed E-state index contributed by atoms with van der Waals surface area (Å²) in [7, 11) is 0. The van der Waals surface area contributed by atoms with Gasteiger partial charge in [-0.05, 0) is 42.5 Å². The lowest BCUT2D eigenvalue weighted by molar-refractivity contribution is -0.115. The van der Waals surface area contributed by atoms with E-state index in [9.17, 15) is 14.4 Å². The number of hydrogen-bond donors (Lipinski definition) is 1. The lowest BCUT2D eigenvalue weighted by Crippen LogP contribution is -2.15. The van der Waals surface area contributed by atoms with Gasteiger partial charge in [-0.15, -0.1) is 0 Å². The number of fused-ring (bicyclic) bond motifs is 1. The van der Waals surface area contributed by atoms with Gasteiger partial charge in [-0.2, -0.15) is 0 Å². The van der Waals surface area contributed by atoms with Gasteiger partial charge in [0.2, 0.25) is 5.91 Å². The fourth-order valence-corrected chi connectivity index (χ4v) is 2.58. The number of hydrogen-bond acceptors (Lipinski definition) is 6. The molecule has 0 radical (unpaired) electrons. The molecule has 0 spiro atoms. The molecule has 0 fully saturated rings. The van der Waals surface area contributed by atoms with Crippen molar-refractivity contribution in [2.75, 3.05) is 25.1 Å². The Labute approximate surface area is 162 Å². The SMILES string of the molecule is CCC(=O)Nc1ccc(C(=O)COC(=O)c2ccc3c(c2)OCCCO3)cc1. The number of benzene rings is 2. The van der Waals surface area contributed by atoms with Gasteiger partial charge in [0.15, 0.2) is 23.9 Å². The Hall–Kier alpha value is -3.35. The summed E-state index contributed by atoms with van der Waals surface area (Å²) in [4.78, 5) is 35.8. The van der Waals surface area contributed by atoms with Gasteiger partial charge in [0.05, 0.1) is 18.8 Å². The number of ether oxygens (including phenoxy) is 3. The largest absolute Gasteiger partial charge is 0.490 e. The highest BCUT2D eigenvalue weighted by Gasteiger charge is 2.16. The smallest absolute Gasteiger partial charge is 0.338 e. The molecule has 7 heteroatoms. The van der Waals surface area contributed by atoms with Crippen LogP contribution in [-0.4, -0.2) is 37.5 Å². The number of esters is 1. The van der Waals surface area contributed by atoms with E-state index in [1.807, 2.05) is 0 Å². The molecule has 1 aliphatic heterocycles. The van der Waals surface area contributed by atoms with Gasteiger partial charge in [-0.3, -0.25) is 9.59 Å². The zero-order chi connectivity index (χ0) is 19.9. The second-order valence-corrected chi connectivity index (χ2v) is 6.19. The van der Waals surface area contributed by atoms with Crippen LogP contribution in [0.5, 0.6) is 11.5 Å². The van der Waals surface area contributed by atoms with Gasteiger partial charge >= 0.3 is 5.97 Å². The molecule has 0 aliphatic carbocycles. The van der Waals surface area contributed by atoms with Crippen molar-refractivity contribution in [3.8, 4) is 11.5 Å². The lowest BCUT2D eigenvalue weighted by Gasteiger charge is -2.09. The number of Topliss-reactive ketones (excluding diaryl/α,β-unsaturated/α-hetero) is 1. The Balaban J connectivity index is 1.57. The minimum absolute atomic E-state index is 0.108. The molecule has 0 saturated heterocycles. The molecule has 7 nitrogen and oxygen atoms in total. The van der Waals surface area contributed by atoms with Crippen molar-refractivity contribution in [1.82, 2.24) is 0 Å². The van der Waals surface area contributed by atoms with Crippen LogP contribution >= 0.6 is 0 Å². The molecule has 0 atom stereocenters. The molecule has 0 unspecified atom stereocenters. The Bertz CT molecular complexity index is 875. The van der Waals surface area contributed by atoms with Crippen LogP contribution in [0.25, 0.3) is 0 Å². The van der Waals surface area contributed by atoms with Gasteiger partial charge in [0.1, 0.15) is 0 Å². The Morgan fingerprint density at radius 1 is 0.964 bits per heavy atom. The normalized spacial score (nSPS) is 12.6. The fourth-order valence-electron chi connectivity index (χ4n) is 2.58. The molecule has 2 aromatic carbocycles. The molecule has 3 rings (SSSR count). The minimum Gasteiger partial charge on any atom is -0.490 e. The van der Waals surface area contributed by atoms with Crippen LogP contribution < -0.4 is 14.8 Å². The van der Waals surface area contributed by atoms with Crippen molar-refractivity contribution < 1.29 is 28.6 Å². The second kappa shape index (κ2) is 9.03. The van der Waals surface area contributed by atoms with Crippen molar-refractivity contribution in [2.24, 2.45) is 0 Å². The maximum Gasteiger partial charge on any atom is 0.338 e. The first-order valence-corrected chi connectivity index (χ1v) is 9.06. The van der Waals surface area contributed by atoms with Crippen LogP contribution in [0, 0.1) is 0 Å². The highest BCUT2D eigenvalue weighted by Crippen LogP contribution is 2.30. The van der Waals surface area contributed by atoms with E-state index in [4.69, 9.17) is 14.2 Å². The van der Waals surface area contributed by atoms with Crippen LogP contribution in [0.1, 0.15) is 40.5 Å². The van der Waals surface area contributed by atoms with E-state index < -0.39 is 5.97 Å². The molecule has 2 aromatic rings. The van der Waals surface area contributed by atoms with E-state index >= 15 is 0 Å². The van der Waals surface area contributed by atoms with E-state index in [0.717, 1.165) is 6.42 Å². The van der Waals surface area contributed by atoms with Crippen LogP contribution in [0.15, 0.2) is 42.5 Å². The third-order valence-corrected chi connectivity index (χ3v) is 4.13. The number of amides is 1. The predicted molar refractivity (Wildman–Crippen MR) is 102 cm³/mol. The highest BCUT2D eigenvalue weighted by molar-refractivity contribution is 6.00. The Kier molecular flexibility index (Phi) is 6.26. The summed E-state index contributed by atoms with van der Waals surface area (Å²) in [6, 6.07) is 11.2. The second-order valence-electron chi connectivity index (χ2n) is 6.19. The monoisotopic (exact) mass is 383 g/mol. The maximum atomic E-state index is 12.2. The number of carbonyl (C=O) groups is 3. The highest BCUT2D eigenvalue weighted by atomic mass is 16.5. The molecular weight excluding hydrogens is 362 g/mol. The Morgan fingerprint density at radius 2 is 1.64 bits per heavy atom. The molecule has 1 heterocycles. The van der Waals surface area contributed by atoms with Gasteiger partial charge in [0, 0.05) is 24.1 Å². The zero-order valence-corrected chi connectivity index (χ0v) is 15.5. The maximum absolute atomic E-state index is 12.2. The zero-order valence-electron chi connectivity index (χ0n) is 15.5. The van der Waals surface area contributed by atoms with Crippen molar-refractivity contribution >= 4 is 23.3 Å². The van der Waals surface area contributed by atoms with E-state index in [-0.39, 0.29) is 23.9 Å². The molecular formula is C21H21NO6. The first-order valence-electron chi connectivity index (χ1n) is 9.06. The molecule has 1 amide bonds. The molecule has 1 N–H and O–H groups in total. The van der Waals surface area contributed by atoms with Gasteiger partial charge in [-0.25, -0.2) is 4.79 Å². The average molecular weight is 383 g/mol. The van der Waals surface area contributed by atoms with Crippen molar-refractivity contribution in [3.05, 3.63) is 53.6 Å². The summed E-state index contributed by atoms with van der Waals surface area (Å²) in [5.41, 5.74) is 1.28. The number of carbonyl (C=O) groups excluding carboxylic acids is 3. The predicted octanol–water partition coefficient (Wildman–Crippen LogP) is 3.24. The summed E-state index contributed by atoms with van der Waals surface area (Å²) in [5, 5.41) is 2.70. The number of anilines is 1. The molecule has 146 valence electrons. The van der Waals surface area contributed by atoms with Gasteiger partial charge in [0.25, 0.3) is 0 Å². The number of ketones is 1. The molecule has 28 heavy (non-hydrogen) atoms. The van der Waals surface area contributed by atoms with E-state index in [1.54, 1.807) is 49.4 Å². The molecule has 0 aromatic heterocycles. The van der Waals surface area contributed by atoms with Crippen LogP contribution in [0.4, 0.5) is 5.69 Å². The van der Waals surface area contributed by atoms with Crippen molar-refractivity contribution in [3.63, 3.8) is 0 Å². The Morgan fingerprint density at radius 3 is 2.36 bits per heavy atom. The van der Waals surface area contributed by atoms with Crippen LogP contribution in [0.3, 0.4) is 0 Å². The van der Waals surface area contributed by atoms with Gasteiger partial charge in [-0.1, -0.05) is 6.92 Å². The molecule has 1 aliphatic rings. The van der Waals surface area contributed by atoms with Crippen molar-refractivity contribution in [1.29, 1.82) is 0 Å². The van der Waals surface area contributed by atoms with Crippen LogP contribution in [0.2, 0.25) is 0 Å². The number of rotatable bonds is 6. The minimum atomic E-state index is -0.615. The summed E-state index contributed by atoms with van der Waals surface area (Å²) < 4.78 is 16.2.